The van der Waals surface area contributed by atoms with Crippen molar-refractivity contribution in [2.75, 3.05) is 12.5 Å². The Morgan fingerprint density at radius 2 is 2.22 bits per heavy atom. The van der Waals surface area contributed by atoms with Gasteiger partial charge in [0.1, 0.15) is 11.6 Å². The number of ether oxygens (including phenoxy) is 1. The summed E-state index contributed by atoms with van der Waals surface area (Å²) in [7, 11) is 0. The van der Waals surface area contributed by atoms with Crippen LogP contribution < -0.4 is 4.74 Å². The lowest BCUT2D eigenvalue weighted by atomic mass is 10.1. The summed E-state index contributed by atoms with van der Waals surface area (Å²) in [5.74, 6) is 7.03. The van der Waals surface area contributed by atoms with Gasteiger partial charge in [-0.25, -0.2) is 4.39 Å². The largest absolute Gasteiger partial charge is 0.492 e. The van der Waals surface area contributed by atoms with E-state index in [-0.39, 0.29) is 5.82 Å². The highest BCUT2D eigenvalue weighted by Crippen LogP contribution is 2.20. The first-order valence-corrected chi connectivity index (χ1v) is 6.68. The molecule has 0 aliphatic heterocycles. The maximum atomic E-state index is 13.2. The monoisotopic (exact) mass is 268 g/mol. The van der Waals surface area contributed by atoms with Crippen molar-refractivity contribution in [3.63, 3.8) is 0 Å². The highest BCUT2D eigenvalue weighted by atomic mass is 35.5. The smallest absolute Gasteiger partial charge is 0.137 e. The Balaban J connectivity index is 2.80. The average Bonchev–Trinajstić information content (AvgIpc) is 2.38. The van der Waals surface area contributed by atoms with Crippen LogP contribution >= 0.6 is 11.6 Å². The van der Waals surface area contributed by atoms with Crippen molar-refractivity contribution in [3.05, 3.63) is 29.6 Å². The molecule has 3 heteroatoms. The molecule has 1 aromatic rings. The SMILES string of the molecule is CCC(C)COc1cc(F)ccc1C#CCCCl. The second-order valence-corrected chi connectivity index (χ2v) is 4.58. The summed E-state index contributed by atoms with van der Waals surface area (Å²) in [6.45, 7) is 4.77. The molecule has 0 saturated heterocycles. The lowest BCUT2D eigenvalue weighted by Gasteiger charge is -2.12. The minimum atomic E-state index is -0.308. The normalized spacial score (nSPS) is 11.6. The summed E-state index contributed by atoms with van der Waals surface area (Å²) in [5.41, 5.74) is 0.713. The Labute approximate surface area is 113 Å². The second-order valence-electron chi connectivity index (χ2n) is 4.21. The van der Waals surface area contributed by atoms with Gasteiger partial charge in [-0.3, -0.25) is 0 Å². The van der Waals surface area contributed by atoms with Gasteiger partial charge in [0.05, 0.1) is 12.2 Å². The van der Waals surface area contributed by atoms with Crippen molar-refractivity contribution in [1.29, 1.82) is 0 Å². The zero-order valence-corrected chi connectivity index (χ0v) is 11.6. The van der Waals surface area contributed by atoms with E-state index in [2.05, 4.69) is 25.7 Å². The molecule has 1 aromatic carbocycles. The van der Waals surface area contributed by atoms with E-state index in [0.717, 1.165) is 6.42 Å². The van der Waals surface area contributed by atoms with E-state index in [0.29, 0.717) is 36.1 Å². The lowest BCUT2D eigenvalue weighted by Crippen LogP contribution is -2.08. The number of benzene rings is 1. The van der Waals surface area contributed by atoms with Gasteiger partial charge in [-0.2, -0.15) is 0 Å². The molecule has 0 amide bonds. The van der Waals surface area contributed by atoms with Crippen LogP contribution in [0, 0.1) is 23.6 Å². The van der Waals surface area contributed by atoms with Crippen molar-refractivity contribution >= 4 is 11.6 Å². The first-order valence-electron chi connectivity index (χ1n) is 6.14. The molecule has 0 radical (unpaired) electrons. The van der Waals surface area contributed by atoms with Gasteiger partial charge in [0, 0.05) is 18.4 Å². The topological polar surface area (TPSA) is 9.23 Å². The number of halogens is 2. The number of rotatable bonds is 5. The molecule has 0 N–H and O–H groups in total. The number of hydrogen-bond acceptors (Lipinski definition) is 1. The summed E-state index contributed by atoms with van der Waals surface area (Å²) in [6, 6.07) is 4.41. The van der Waals surface area contributed by atoms with Crippen LogP contribution in [0.15, 0.2) is 18.2 Å². The van der Waals surface area contributed by atoms with Crippen LogP contribution in [-0.2, 0) is 0 Å². The van der Waals surface area contributed by atoms with Crippen LogP contribution in [-0.4, -0.2) is 12.5 Å². The third kappa shape index (κ3) is 4.98. The molecule has 0 bridgehead atoms. The molecule has 18 heavy (non-hydrogen) atoms. The Bertz CT molecular complexity index is 434. The zero-order valence-electron chi connectivity index (χ0n) is 10.8. The van der Waals surface area contributed by atoms with Crippen molar-refractivity contribution in [3.8, 4) is 17.6 Å². The summed E-state index contributed by atoms with van der Waals surface area (Å²) in [4.78, 5) is 0. The molecule has 0 saturated carbocycles. The molecule has 0 aliphatic carbocycles. The van der Waals surface area contributed by atoms with Crippen LogP contribution in [0.5, 0.6) is 5.75 Å². The van der Waals surface area contributed by atoms with E-state index < -0.39 is 0 Å². The van der Waals surface area contributed by atoms with Crippen LogP contribution in [0.1, 0.15) is 32.3 Å². The van der Waals surface area contributed by atoms with E-state index in [9.17, 15) is 4.39 Å². The standard InChI is InChI=1S/C15H18ClFO/c1-3-12(2)11-18-15-10-14(17)8-7-13(15)6-4-5-9-16/h7-8,10,12H,3,5,9,11H2,1-2H3. The summed E-state index contributed by atoms with van der Waals surface area (Å²) >= 11 is 5.56. The lowest BCUT2D eigenvalue weighted by molar-refractivity contribution is 0.255. The van der Waals surface area contributed by atoms with E-state index >= 15 is 0 Å². The Kier molecular flexibility index (Phi) is 6.60. The third-order valence-electron chi connectivity index (χ3n) is 2.61. The first-order chi connectivity index (χ1) is 8.67. The van der Waals surface area contributed by atoms with Crippen molar-refractivity contribution in [1.82, 2.24) is 0 Å². The predicted molar refractivity (Wildman–Crippen MR) is 73.6 cm³/mol. The second kappa shape index (κ2) is 8.00. The number of hydrogen-bond donors (Lipinski definition) is 0. The summed E-state index contributed by atoms with van der Waals surface area (Å²) in [5, 5.41) is 0. The van der Waals surface area contributed by atoms with Gasteiger partial charge in [0.25, 0.3) is 0 Å². The minimum Gasteiger partial charge on any atom is -0.492 e. The van der Waals surface area contributed by atoms with Gasteiger partial charge in [-0.05, 0) is 18.1 Å². The molecule has 98 valence electrons. The fourth-order valence-corrected chi connectivity index (χ4v) is 1.37. The average molecular weight is 269 g/mol. The maximum Gasteiger partial charge on any atom is 0.137 e. The fraction of sp³-hybridized carbons (Fsp3) is 0.467. The van der Waals surface area contributed by atoms with Gasteiger partial charge in [-0.15, -0.1) is 11.6 Å². The maximum absolute atomic E-state index is 13.2. The molecule has 0 aromatic heterocycles. The van der Waals surface area contributed by atoms with E-state index in [1.165, 1.54) is 12.1 Å². The Hall–Kier alpha value is -1.20. The molecular weight excluding hydrogens is 251 g/mol. The molecule has 0 heterocycles. The van der Waals surface area contributed by atoms with Gasteiger partial charge in [0.2, 0.25) is 0 Å². The molecule has 0 spiro atoms. The molecule has 1 nitrogen and oxygen atoms in total. The van der Waals surface area contributed by atoms with Gasteiger partial charge < -0.3 is 4.74 Å². The molecular formula is C15H18ClFO. The number of alkyl halides is 1. The summed E-state index contributed by atoms with van der Waals surface area (Å²) < 4.78 is 18.8. The molecule has 0 fully saturated rings. The Morgan fingerprint density at radius 3 is 2.89 bits per heavy atom. The van der Waals surface area contributed by atoms with Crippen molar-refractivity contribution in [2.45, 2.75) is 26.7 Å². The van der Waals surface area contributed by atoms with Crippen molar-refractivity contribution < 1.29 is 9.13 Å². The van der Waals surface area contributed by atoms with E-state index in [1.54, 1.807) is 6.07 Å². The highest BCUT2D eigenvalue weighted by molar-refractivity contribution is 6.18. The quantitative estimate of drug-likeness (QED) is 0.574. The van der Waals surface area contributed by atoms with Crippen LogP contribution in [0.4, 0.5) is 4.39 Å². The third-order valence-corrected chi connectivity index (χ3v) is 2.80. The van der Waals surface area contributed by atoms with E-state index in [4.69, 9.17) is 16.3 Å². The minimum absolute atomic E-state index is 0.308. The fourth-order valence-electron chi connectivity index (χ4n) is 1.27. The molecule has 0 aliphatic rings. The Morgan fingerprint density at radius 1 is 1.44 bits per heavy atom. The predicted octanol–water partition coefficient (Wildman–Crippen LogP) is 4.23. The highest BCUT2D eigenvalue weighted by Gasteiger charge is 2.06. The zero-order chi connectivity index (χ0) is 13.4. The van der Waals surface area contributed by atoms with Crippen LogP contribution in [0.25, 0.3) is 0 Å². The van der Waals surface area contributed by atoms with Crippen LogP contribution in [0.3, 0.4) is 0 Å². The molecule has 1 atom stereocenters. The molecule has 1 unspecified atom stereocenters. The summed E-state index contributed by atoms with van der Waals surface area (Å²) in [6.07, 6.45) is 1.65. The van der Waals surface area contributed by atoms with E-state index in [1.807, 2.05) is 0 Å². The molecule has 1 rings (SSSR count). The van der Waals surface area contributed by atoms with Crippen LogP contribution in [0.2, 0.25) is 0 Å². The van der Waals surface area contributed by atoms with Gasteiger partial charge in [-0.1, -0.05) is 32.1 Å². The first kappa shape index (κ1) is 14.9. The van der Waals surface area contributed by atoms with Gasteiger partial charge in [0.15, 0.2) is 0 Å². The van der Waals surface area contributed by atoms with Crippen molar-refractivity contribution in [2.24, 2.45) is 5.92 Å². The van der Waals surface area contributed by atoms with Gasteiger partial charge >= 0.3 is 0 Å².